The Labute approximate surface area is 188 Å². The van der Waals surface area contributed by atoms with Gasteiger partial charge in [-0.2, -0.15) is 0 Å². The lowest BCUT2D eigenvalue weighted by Gasteiger charge is -2.18. The van der Waals surface area contributed by atoms with E-state index >= 15 is 0 Å². The molecule has 1 atom stereocenters. The molecule has 0 saturated carbocycles. The zero-order valence-electron chi connectivity index (χ0n) is 17.4. The fourth-order valence-electron chi connectivity index (χ4n) is 2.65. The molecule has 2 rings (SSSR count). The highest BCUT2D eigenvalue weighted by Gasteiger charge is 2.41. The predicted molar refractivity (Wildman–Crippen MR) is 114 cm³/mol. The Balaban J connectivity index is 2.31. The SMILES string of the molecule is CCOC(=O)COc1c(Cl)cc(/C=C2/SC(=O)N([C@@H](C)C(=O)OC)C2=O)cc1OCC. The molecule has 0 unspecified atom stereocenters. The number of benzene rings is 1. The third kappa shape index (κ3) is 5.92. The highest BCUT2D eigenvalue weighted by atomic mass is 35.5. The van der Waals surface area contributed by atoms with Crippen LogP contribution in [0.3, 0.4) is 0 Å². The van der Waals surface area contributed by atoms with Crippen molar-refractivity contribution in [2.45, 2.75) is 26.8 Å². The Bertz CT molecular complexity index is 917. The minimum absolute atomic E-state index is 0.111. The fourth-order valence-corrected chi connectivity index (χ4v) is 3.83. The molecule has 11 heteroatoms. The van der Waals surface area contributed by atoms with Crippen molar-refractivity contribution in [2.75, 3.05) is 26.9 Å². The van der Waals surface area contributed by atoms with Gasteiger partial charge >= 0.3 is 11.9 Å². The van der Waals surface area contributed by atoms with Gasteiger partial charge in [-0.15, -0.1) is 0 Å². The molecule has 1 fully saturated rings. The van der Waals surface area contributed by atoms with E-state index in [0.717, 1.165) is 4.90 Å². The maximum Gasteiger partial charge on any atom is 0.344 e. The summed E-state index contributed by atoms with van der Waals surface area (Å²) in [4.78, 5) is 49.1. The van der Waals surface area contributed by atoms with Crippen LogP contribution in [0.25, 0.3) is 6.08 Å². The number of imide groups is 1. The quantitative estimate of drug-likeness (QED) is 0.396. The number of rotatable bonds is 9. The van der Waals surface area contributed by atoms with Crippen molar-refractivity contribution in [3.8, 4) is 11.5 Å². The number of esters is 2. The van der Waals surface area contributed by atoms with Crippen molar-refractivity contribution in [3.05, 3.63) is 27.6 Å². The van der Waals surface area contributed by atoms with E-state index in [0.29, 0.717) is 23.9 Å². The molecule has 0 radical (unpaired) electrons. The van der Waals surface area contributed by atoms with Crippen LogP contribution in [0.1, 0.15) is 26.3 Å². The maximum atomic E-state index is 12.7. The van der Waals surface area contributed by atoms with Gasteiger partial charge in [0, 0.05) is 0 Å². The summed E-state index contributed by atoms with van der Waals surface area (Å²) in [7, 11) is 1.18. The third-order valence-electron chi connectivity index (χ3n) is 4.02. The Morgan fingerprint density at radius 3 is 2.52 bits per heavy atom. The summed E-state index contributed by atoms with van der Waals surface area (Å²) < 4.78 is 20.4. The normalized spacial score (nSPS) is 15.8. The topological polar surface area (TPSA) is 108 Å². The van der Waals surface area contributed by atoms with Crippen molar-refractivity contribution < 1.29 is 38.1 Å². The Morgan fingerprint density at radius 2 is 1.90 bits per heavy atom. The first-order chi connectivity index (χ1) is 14.7. The molecule has 31 heavy (non-hydrogen) atoms. The zero-order valence-corrected chi connectivity index (χ0v) is 19.0. The molecule has 168 valence electrons. The summed E-state index contributed by atoms with van der Waals surface area (Å²) in [5, 5.41) is -0.441. The predicted octanol–water partition coefficient (Wildman–Crippen LogP) is 3.28. The Kier molecular flexibility index (Phi) is 8.76. The smallest absolute Gasteiger partial charge is 0.344 e. The van der Waals surface area contributed by atoms with Gasteiger partial charge in [0.1, 0.15) is 6.04 Å². The summed E-state index contributed by atoms with van der Waals surface area (Å²) in [6.45, 7) is 5.01. The van der Waals surface area contributed by atoms with Crippen LogP contribution in [0.2, 0.25) is 5.02 Å². The number of hydrogen-bond acceptors (Lipinski definition) is 9. The molecule has 1 aromatic carbocycles. The summed E-state index contributed by atoms with van der Waals surface area (Å²) in [6.07, 6.45) is 1.46. The highest BCUT2D eigenvalue weighted by molar-refractivity contribution is 8.18. The van der Waals surface area contributed by atoms with Crippen molar-refractivity contribution in [3.63, 3.8) is 0 Å². The summed E-state index contributed by atoms with van der Waals surface area (Å²) >= 11 is 7.00. The van der Waals surface area contributed by atoms with Gasteiger partial charge in [0.05, 0.1) is 30.3 Å². The number of ether oxygens (including phenoxy) is 4. The number of carbonyl (C=O) groups excluding carboxylic acids is 4. The second kappa shape index (κ2) is 11.1. The Morgan fingerprint density at radius 1 is 1.19 bits per heavy atom. The van der Waals surface area contributed by atoms with Crippen LogP contribution < -0.4 is 9.47 Å². The lowest BCUT2D eigenvalue weighted by atomic mass is 10.1. The molecule has 2 amide bonds. The van der Waals surface area contributed by atoms with Gasteiger partial charge in [0.25, 0.3) is 11.1 Å². The lowest BCUT2D eigenvalue weighted by Crippen LogP contribution is -2.42. The van der Waals surface area contributed by atoms with Crippen LogP contribution in [0.4, 0.5) is 4.79 Å². The van der Waals surface area contributed by atoms with Crippen LogP contribution in [-0.4, -0.2) is 61.0 Å². The number of amides is 2. The van der Waals surface area contributed by atoms with E-state index in [9.17, 15) is 19.2 Å². The number of hydrogen-bond donors (Lipinski definition) is 0. The molecule has 9 nitrogen and oxygen atoms in total. The minimum Gasteiger partial charge on any atom is -0.490 e. The van der Waals surface area contributed by atoms with Crippen LogP contribution >= 0.6 is 23.4 Å². The van der Waals surface area contributed by atoms with Crippen molar-refractivity contribution in [2.24, 2.45) is 0 Å². The maximum absolute atomic E-state index is 12.7. The van der Waals surface area contributed by atoms with Gasteiger partial charge < -0.3 is 18.9 Å². The van der Waals surface area contributed by atoms with E-state index < -0.39 is 29.1 Å². The summed E-state index contributed by atoms with van der Waals surface area (Å²) in [6, 6.07) is 2.01. The van der Waals surface area contributed by atoms with E-state index in [4.69, 9.17) is 25.8 Å². The molecular formula is C20H22ClNO8S. The summed E-state index contributed by atoms with van der Waals surface area (Å²) in [5.41, 5.74) is 0.466. The van der Waals surface area contributed by atoms with Gasteiger partial charge in [-0.1, -0.05) is 11.6 Å². The summed E-state index contributed by atoms with van der Waals surface area (Å²) in [5.74, 6) is -1.47. The fraction of sp³-hybridized carbons (Fsp3) is 0.400. The number of methoxy groups -OCH3 is 1. The van der Waals surface area contributed by atoms with Crippen molar-refractivity contribution >= 4 is 52.5 Å². The van der Waals surface area contributed by atoms with Gasteiger partial charge in [0.15, 0.2) is 18.1 Å². The molecule has 1 heterocycles. The number of thioether (sulfide) groups is 1. The standard InChI is InChI=1S/C20H22ClNO8S/c1-5-28-14-8-12(7-13(21)17(14)30-10-16(23)29-6-2)9-15-18(24)22(20(26)31-15)11(3)19(25)27-4/h7-9,11H,5-6,10H2,1-4H3/b15-9+/t11-/m0/s1. The first-order valence-electron chi connectivity index (χ1n) is 9.33. The molecule has 0 aliphatic carbocycles. The van der Waals surface area contributed by atoms with Crippen LogP contribution in [0.15, 0.2) is 17.0 Å². The van der Waals surface area contributed by atoms with Gasteiger partial charge in [-0.3, -0.25) is 14.5 Å². The van der Waals surface area contributed by atoms with Gasteiger partial charge in [-0.25, -0.2) is 9.59 Å². The van der Waals surface area contributed by atoms with Gasteiger partial charge in [-0.05, 0) is 56.3 Å². The molecule has 1 saturated heterocycles. The number of halogens is 1. The third-order valence-corrected chi connectivity index (χ3v) is 5.19. The largest absolute Gasteiger partial charge is 0.490 e. The molecule has 0 N–H and O–H groups in total. The van der Waals surface area contributed by atoms with Crippen molar-refractivity contribution in [1.82, 2.24) is 4.90 Å². The van der Waals surface area contributed by atoms with Crippen LogP contribution in [0, 0.1) is 0 Å². The second-order valence-corrected chi connectivity index (χ2v) is 7.51. The number of carbonyl (C=O) groups is 4. The van der Waals surface area contributed by atoms with E-state index in [-0.39, 0.29) is 34.6 Å². The van der Waals surface area contributed by atoms with E-state index in [2.05, 4.69) is 4.74 Å². The Hall–Kier alpha value is -2.72. The average molecular weight is 472 g/mol. The molecule has 0 spiro atoms. The van der Waals surface area contributed by atoms with Crippen LogP contribution in [0.5, 0.6) is 11.5 Å². The minimum atomic E-state index is -1.05. The molecular weight excluding hydrogens is 450 g/mol. The van der Waals surface area contributed by atoms with E-state index in [1.165, 1.54) is 26.2 Å². The molecule has 1 aliphatic heterocycles. The lowest BCUT2D eigenvalue weighted by molar-refractivity contribution is -0.148. The van der Waals surface area contributed by atoms with E-state index in [1.54, 1.807) is 19.9 Å². The van der Waals surface area contributed by atoms with E-state index in [1.807, 2.05) is 0 Å². The first kappa shape index (κ1) is 24.5. The first-order valence-corrected chi connectivity index (χ1v) is 10.5. The molecule has 1 aromatic rings. The molecule has 0 aromatic heterocycles. The number of nitrogens with zero attached hydrogens (tertiary/aromatic N) is 1. The second-order valence-electron chi connectivity index (χ2n) is 6.11. The average Bonchev–Trinajstić information content (AvgIpc) is 2.99. The van der Waals surface area contributed by atoms with Gasteiger partial charge in [0.2, 0.25) is 0 Å². The highest BCUT2D eigenvalue weighted by Crippen LogP contribution is 2.39. The van der Waals surface area contributed by atoms with Crippen LogP contribution in [-0.2, 0) is 23.9 Å². The molecule has 1 aliphatic rings. The van der Waals surface area contributed by atoms with Crippen molar-refractivity contribution in [1.29, 1.82) is 0 Å². The molecule has 0 bridgehead atoms. The zero-order chi connectivity index (χ0) is 23.1. The monoisotopic (exact) mass is 471 g/mol.